The second kappa shape index (κ2) is 9.31. The van der Waals surface area contributed by atoms with Gasteiger partial charge in [0.15, 0.2) is 0 Å². The zero-order chi connectivity index (χ0) is 21.4. The number of hydrogen-bond acceptors (Lipinski definition) is 12. The van der Waals surface area contributed by atoms with E-state index in [-0.39, 0.29) is 22.7 Å². The number of nitro groups is 4. The van der Waals surface area contributed by atoms with Crippen LogP contribution in [0.2, 0.25) is 0 Å². The van der Waals surface area contributed by atoms with Crippen molar-refractivity contribution in [2.45, 2.75) is 0 Å². The molecule has 0 saturated heterocycles. The average molecular weight is 396 g/mol. The molecule has 0 unspecified atom stereocenters. The Hall–Kier alpha value is -4.44. The molecule has 6 N–H and O–H groups in total. The van der Waals surface area contributed by atoms with Crippen molar-refractivity contribution >= 4 is 34.1 Å². The number of nitrogens with two attached hydrogens (primary N) is 2. The van der Waals surface area contributed by atoms with Gasteiger partial charge in [-0.1, -0.05) is 0 Å². The first kappa shape index (κ1) is 21.6. The lowest BCUT2D eigenvalue weighted by molar-refractivity contribution is -0.393. The Labute approximate surface area is 154 Å². The SMILES string of the molecule is NNc1ccc([N+](=O)[O-])cc1[N+](=O)[O-].NNc1ccc([N+](=O)[O-])cc1[N+](=O)[O-]. The van der Waals surface area contributed by atoms with Crippen LogP contribution in [0.1, 0.15) is 0 Å². The lowest BCUT2D eigenvalue weighted by atomic mass is 10.2. The van der Waals surface area contributed by atoms with E-state index in [0.717, 1.165) is 24.3 Å². The molecule has 0 amide bonds. The van der Waals surface area contributed by atoms with E-state index in [9.17, 15) is 40.5 Å². The smallest absolute Gasteiger partial charge is 0.300 e. The van der Waals surface area contributed by atoms with Gasteiger partial charge < -0.3 is 10.9 Å². The molecule has 0 saturated carbocycles. The van der Waals surface area contributed by atoms with Crippen molar-refractivity contribution in [1.82, 2.24) is 0 Å². The van der Waals surface area contributed by atoms with Gasteiger partial charge in [-0.05, 0) is 12.1 Å². The summed E-state index contributed by atoms with van der Waals surface area (Å²) in [4.78, 5) is 38.6. The predicted octanol–water partition coefficient (Wildman–Crippen LogP) is 1.58. The van der Waals surface area contributed by atoms with Gasteiger partial charge in [0, 0.05) is 12.1 Å². The predicted molar refractivity (Wildman–Crippen MR) is 95.1 cm³/mol. The molecule has 28 heavy (non-hydrogen) atoms. The third-order valence-corrected chi connectivity index (χ3v) is 3.09. The van der Waals surface area contributed by atoms with E-state index in [4.69, 9.17) is 11.7 Å². The van der Waals surface area contributed by atoms with Crippen molar-refractivity contribution in [2.24, 2.45) is 11.7 Å². The number of nitro benzene ring substituents is 4. The zero-order valence-electron chi connectivity index (χ0n) is 13.7. The number of nitrogens with zero attached hydrogens (tertiary/aromatic N) is 4. The highest BCUT2D eigenvalue weighted by Crippen LogP contribution is 2.28. The molecule has 0 aliphatic carbocycles. The number of benzene rings is 2. The van der Waals surface area contributed by atoms with Crippen LogP contribution in [-0.4, -0.2) is 19.7 Å². The van der Waals surface area contributed by atoms with Crippen LogP contribution in [0.4, 0.5) is 34.1 Å². The molecule has 0 fully saturated rings. The molecule has 16 heteroatoms. The third-order valence-electron chi connectivity index (χ3n) is 3.09. The molecule has 148 valence electrons. The van der Waals surface area contributed by atoms with Gasteiger partial charge in [-0.2, -0.15) is 0 Å². The Balaban J connectivity index is 0.000000280. The van der Waals surface area contributed by atoms with Gasteiger partial charge in [0.2, 0.25) is 0 Å². The number of nitrogen functional groups attached to an aromatic ring is 2. The molecule has 2 aromatic carbocycles. The molecule has 2 rings (SSSR count). The number of hydrazine groups is 2. The van der Waals surface area contributed by atoms with E-state index < -0.39 is 31.1 Å². The Kier molecular flexibility index (Phi) is 7.18. The number of nitrogens with one attached hydrogen (secondary N) is 2. The highest BCUT2D eigenvalue weighted by atomic mass is 16.6. The minimum atomic E-state index is -0.748. The zero-order valence-corrected chi connectivity index (χ0v) is 13.7. The summed E-state index contributed by atoms with van der Waals surface area (Å²) in [6.07, 6.45) is 0. The second-order valence-corrected chi connectivity index (χ2v) is 4.72. The minimum Gasteiger partial charge on any atom is -0.318 e. The summed E-state index contributed by atoms with van der Waals surface area (Å²) in [6, 6.07) is 6.29. The van der Waals surface area contributed by atoms with Gasteiger partial charge in [-0.3, -0.25) is 52.1 Å². The molecule has 0 spiro atoms. The fourth-order valence-electron chi connectivity index (χ4n) is 1.81. The first-order chi connectivity index (χ1) is 13.1. The van der Waals surface area contributed by atoms with Gasteiger partial charge in [0.05, 0.1) is 31.8 Å². The largest absolute Gasteiger partial charge is 0.318 e. The molecule has 0 bridgehead atoms. The standard InChI is InChI=1S/2C6H6N4O4/c2*7-8-5-2-1-4(9(11)12)3-6(5)10(13)14/h2*1-3,8H,7H2. The van der Waals surface area contributed by atoms with E-state index >= 15 is 0 Å². The lowest BCUT2D eigenvalue weighted by Gasteiger charge is -2.00. The van der Waals surface area contributed by atoms with Crippen LogP contribution in [0.15, 0.2) is 36.4 Å². The van der Waals surface area contributed by atoms with Crippen molar-refractivity contribution in [3.05, 3.63) is 76.9 Å². The van der Waals surface area contributed by atoms with Gasteiger partial charge in [-0.25, -0.2) is 0 Å². The fraction of sp³-hybridized carbons (Fsp3) is 0. The number of rotatable bonds is 6. The maximum Gasteiger partial charge on any atom is 0.300 e. The molecular weight excluding hydrogens is 384 g/mol. The van der Waals surface area contributed by atoms with Crippen LogP contribution in [0.3, 0.4) is 0 Å². The highest BCUT2D eigenvalue weighted by Gasteiger charge is 2.19. The summed E-state index contributed by atoms with van der Waals surface area (Å²) in [6.45, 7) is 0. The third kappa shape index (κ3) is 5.28. The fourth-order valence-corrected chi connectivity index (χ4v) is 1.81. The highest BCUT2D eigenvalue weighted by molar-refractivity contribution is 5.65. The second-order valence-electron chi connectivity index (χ2n) is 4.72. The Morgan fingerprint density at radius 2 is 0.929 bits per heavy atom. The number of hydrogen-bond donors (Lipinski definition) is 4. The first-order valence-electron chi connectivity index (χ1n) is 6.91. The van der Waals surface area contributed by atoms with E-state index in [1.54, 1.807) is 0 Å². The van der Waals surface area contributed by atoms with Crippen LogP contribution in [0.5, 0.6) is 0 Å². The maximum absolute atomic E-state index is 10.4. The van der Waals surface area contributed by atoms with Gasteiger partial charge in [0.1, 0.15) is 11.4 Å². The summed E-state index contributed by atoms with van der Waals surface area (Å²) in [5, 5.41) is 41.5. The molecule has 0 heterocycles. The minimum absolute atomic E-state index is 0.0283. The molecule has 0 aromatic heterocycles. The van der Waals surface area contributed by atoms with Crippen LogP contribution in [-0.2, 0) is 0 Å². The summed E-state index contributed by atoms with van der Waals surface area (Å²) < 4.78 is 0. The van der Waals surface area contributed by atoms with E-state index in [1.807, 2.05) is 0 Å². The Bertz CT molecular complexity index is 858. The Morgan fingerprint density at radius 3 is 1.14 bits per heavy atom. The number of anilines is 2. The summed E-state index contributed by atoms with van der Waals surface area (Å²) in [5.74, 6) is 9.98. The first-order valence-corrected chi connectivity index (χ1v) is 6.91. The van der Waals surface area contributed by atoms with Crippen molar-refractivity contribution in [3.63, 3.8) is 0 Å². The summed E-state index contributed by atoms with van der Waals surface area (Å²) in [5.41, 5.74) is 2.65. The molecule has 0 radical (unpaired) electrons. The van der Waals surface area contributed by atoms with E-state index in [0.29, 0.717) is 0 Å². The van der Waals surface area contributed by atoms with Crippen molar-refractivity contribution < 1.29 is 19.7 Å². The lowest BCUT2D eigenvalue weighted by Crippen LogP contribution is -2.09. The quantitative estimate of drug-likeness (QED) is 0.308. The van der Waals surface area contributed by atoms with Gasteiger partial charge in [-0.15, -0.1) is 0 Å². The Morgan fingerprint density at radius 1 is 0.607 bits per heavy atom. The molecular formula is C12H12N8O8. The molecule has 0 aliphatic rings. The van der Waals surface area contributed by atoms with Gasteiger partial charge >= 0.3 is 11.4 Å². The molecule has 0 atom stereocenters. The maximum atomic E-state index is 10.4. The topological polar surface area (TPSA) is 249 Å². The van der Waals surface area contributed by atoms with Crippen molar-refractivity contribution in [1.29, 1.82) is 0 Å². The summed E-state index contributed by atoms with van der Waals surface area (Å²) >= 11 is 0. The van der Waals surface area contributed by atoms with E-state index in [2.05, 4.69) is 10.9 Å². The van der Waals surface area contributed by atoms with Gasteiger partial charge in [0.25, 0.3) is 11.4 Å². The van der Waals surface area contributed by atoms with Crippen LogP contribution < -0.4 is 22.5 Å². The molecule has 2 aromatic rings. The number of non-ortho nitro benzene ring substituents is 2. The molecule has 0 aliphatic heterocycles. The van der Waals surface area contributed by atoms with Crippen molar-refractivity contribution in [3.8, 4) is 0 Å². The van der Waals surface area contributed by atoms with Crippen LogP contribution in [0.25, 0.3) is 0 Å². The monoisotopic (exact) mass is 396 g/mol. The summed E-state index contributed by atoms with van der Waals surface area (Å²) in [7, 11) is 0. The molecule has 16 nitrogen and oxygen atoms in total. The average Bonchev–Trinajstić information content (AvgIpc) is 2.66. The van der Waals surface area contributed by atoms with Crippen LogP contribution in [0, 0.1) is 40.5 Å². The normalized spacial score (nSPS) is 9.50. The van der Waals surface area contributed by atoms with Crippen molar-refractivity contribution in [2.75, 3.05) is 10.9 Å². The van der Waals surface area contributed by atoms with Crippen LogP contribution >= 0.6 is 0 Å². The van der Waals surface area contributed by atoms with E-state index in [1.165, 1.54) is 12.1 Å².